The Morgan fingerprint density at radius 3 is 2.23 bits per heavy atom. The number of rotatable bonds is 8. The normalized spacial score (nSPS) is 10.4. The number of carbonyl (C=O) groups is 2. The lowest BCUT2D eigenvalue weighted by atomic mass is 10.1. The first kappa shape index (κ1) is 24.6. The predicted octanol–water partition coefficient (Wildman–Crippen LogP) is 3.60. The van der Waals surface area contributed by atoms with Crippen molar-refractivity contribution < 1.29 is 29.1 Å². The number of nitrogens with zero attached hydrogens (tertiary/aromatic N) is 3. The quantitative estimate of drug-likeness (QED) is 0.322. The molecule has 4 aromatic rings. The second kappa shape index (κ2) is 12.3. The molecule has 35 heavy (non-hydrogen) atoms. The molecule has 4 N–H and O–H groups in total. The Hall–Kier alpha value is -4.99. The van der Waals surface area contributed by atoms with E-state index >= 15 is 0 Å². The molecule has 0 radical (unpaired) electrons. The summed E-state index contributed by atoms with van der Waals surface area (Å²) >= 11 is 0. The summed E-state index contributed by atoms with van der Waals surface area (Å²) in [5.41, 5.74) is 9.69. The van der Waals surface area contributed by atoms with Crippen molar-refractivity contribution in [1.29, 1.82) is 0 Å². The van der Waals surface area contributed by atoms with E-state index in [4.69, 9.17) is 25.2 Å². The average molecular weight is 474 g/mol. The SMILES string of the molecule is Nc1ncccc1-c1cc(Cc2ccc(COc3ccccn3)cc2)no1.O=C(O)/C=C/C(=O)O. The lowest BCUT2D eigenvalue weighted by Gasteiger charge is -2.05. The van der Waals surface area contributed by atoms with E-state index in [9.17, 15) is 9.59 Å². The van der Waals surface area contributed by atoms with Gasteiger partial charge in [-0.3, -0.25) is 0 Å². The number of aliphatic carboxylic acids is 2. The average Bonchev–Trinajstić information content (AvgIpc) is 3.32. The summed E-state index contributed by atoms with van der Waals surface area (Å²) in [6.07, 6.45) is 5.15. The molecule has 0 spiro atoms. The first-order chi connectivity index (χ1) is 16.9. The zero-order valence-electron chi connectivity index (χ0n) is 18.4. The van der Waals surface area contributed by atoms with Crippen LogP contribution in [0, 0.1) is 0 Å². The summed E-state index contributed by atoms with van der Waals surface area (Å²) < 4.78 is 11.1. The van der Waals surface area contributed by atoms with Crippen molar-refractivity contribution in [2.45, 2.75) is 13.0 Å². The molecule has 0 aliphatic heterocycles. The van der Waals surface area contributed by atoms with Crippen LogP contribution >= 0.6 is 0 Å². The van der Waals surface area contributed by atoms with E-state index in [0.717, 1.165) is 22.4 Å². The van der Waals surface area contributed by atoms with Crippen LogP contribution < -0.4 is 10.5 Å². The Balaban J connectivity index is 0.000000371. The van der Waals surface area contributed by atoms with Crippen LogP contribution in [0.5, 0.6) is 5.88 Å². The fraction of sp³-hybridized carbons (Fsp3) is 0.0800. The number of carboxylic acids is 2. The van der Waals surface area contributed by atoms with Crippen LogP contribution in [0.2, 0.25) is 0 Å². The Morgan fingerprint density at radius 1 is 0.914 bits per heavy atom. The minimum atomic E-state index is -1.26. The fourth-order valence-corrected chi connectivity index (χ4v) is 2.84. The number of anilines is 1. The fourth-order valence-electron chi connectivity index (χ4n) is 2.84. The van der Waals surface area contributed by atoms with Gasteiger partial charge in [0.15, 0.2) is 5.76 Å². The summed E-state index contributed by atoms with van der Waals surface area (Å²) in [6, 6.07) is 19.4. The van der Waals surface area contributed by atoms with E-state index in [-0.39, 0.29) is 0 Å². The Bertz CT molecular complexity index is 1270. The number of pyridine rings is 2. The van der Waals surface area contributed by atoms with Gasteiger partial charge in [0.05, 0.1) is 11.3 Å². The second-order valence-electron chi connectivity index (χ2n) is 7.08. The monoisotopic (exact) mass is 474 g/mol. The van der Waals surface area contributed by atoms with Crippen LogP contribution in [0.25, 0.3) is 11.3 Å². The first-order valence-corrected chi connectivity index (χ1v) is 10.3. The van der Waals surface area contributed by atoms with Crippen molar-refractivity contribution in [3.8, 4) is 17.2 Å². The molecular weight excluding hydrogens is 452 g/mol. The number of hydrogen-bond donors (Lipinski definition) is 3. The highest BCUT2D eigenvalue weighted by Gasteiger charge is 2.10. The van der Waals surface area contributed by atoms with E-state index in [0.29, 0.717) is 42.6 Å². The van der Waals surface area contributed by atoms with Gasteiger partial charge in [0, 0.05) is 43.1 Å². The third-order valence-corrected chi connectivity index (χ3v) is 4.46. The summed E-state index contributed by atoms with van der Waals surface area (Å²) in [4.78, 5) is 27.3. The maximum Gasteiger partial charge on any atom is 0.328 e. The Morgan fingerprint density at radius 2 is 1.60 bits per heavy atom. The summed E-state index contributed by atoms with van der Waals surface area (Å²) in [5.74, 6) is -0.848. The molecule has 0 unspecified atom stereocenters. The predicted molar refractivity (Wildman–Crippen MR) is 126 cm³/mol. The van der Waals surface area contributed by atoms with Crippen LogP contribution in [0.4, 0.5) is 5.82 Å². The zero-order valence-corrected chi connectivity index (χ0v) is 18.4. The van der Waals surface area contributed by atoms with Crippen LogP contribution in [-0.2, 0) is 22.6 Å². The molecule has 0 saturated carbocycles. The lowest BCUT2D eigenvalue weighted by Crippen LogP contribution is -1.97. The minimum absolute atomic E-state index is 0.428. The lowest BCUT2D eigenvalue weighted by molar-refractivity contribution is -0.134. The van der Waals surface area contributed by atoms with Gasteiger partial charge in [-0.1, -0.05) is 35.5 Å². The molecule has 0 bridgehead atoms. The highest BCUT2D eigenvalue weighted by Crippen LogP contribution is 2.25. The molecule has 0 amide bonds. The summed E-state index contributed by atoms with van der Waals surface area (Å²) in [7, 11) is 0. The smallest absolute Gasteiger partial charge is 0.328 e. The number of aromatic nitrogens is 3. The van der Waals surface area contributed by atoms with Crippen LogP contribution in [0.3, 0.4) is 0 Å². The largest absolute Gasteiger partial charge is 0.478 e. The van der Waals surface area contributed by atoms with E-state index in [1.54, 1.807) is 12.4 Å². The van der Waals surface area contributed by atoms with Gasteiger partial charge >= 0.3 is 11.9 Å². The molecule has 0 saturated heterocycles. The van der Waals surface area contributed by atoms with Gasteiger partial charge in [-0.2, -0.15) is 0 Å². The molecule has 0 fully saturated rings. The van der Waals surface area contributed by atoms with E-state index in [2.05, 4.69) is 27.3 Å². The molecule has 3 heterocycles. The Kier molecular flexibility index (Phi) is 8.66. The van der Waals surface area contributed by atoms with E-state index < -0.39 is 11.9 Å². The highest BCUT2D eigenvalue weighted by molar-refractivity contribution is 5.89. The number of carboxylic acid groups (broad SMARTS) is 2. The van der Waals surface area contributed by atoms with Gasteiger partial charge in [0.1, 0.15) is 12.4 Å². The number of ether oxygens (including phenoxy) is 1. The molecule has 0 aliphatic carbocycles. The van der Waals surface area contributed by atoms with E-state index in [1.165, 1.54) is 0 Å². The van der Waals surface area contributed by atoms with Gasteiger partial charge in [-0.25, -0.2) is 19.6 Å². The number of nitrogen functional groups attached to an aromatic ring is 1. The third kappa shape index (κ3) is 8.13. The number of hydrogen-bond acceptors (Lipinski definition) is 8. The van der Waals surface area contributed by atoms with Gasteiger partial charge in [0.2, 0.25) is 5.88 Å². The van der Waals surface area contributed by atoms with Crippen LogP contribution in [0.1, 0.15) is 16.8 Å². The van der Waals surface area contributed by atoms with Gasteiger partial charge in [-0.05, 0) is 29.3 Å². The topological polar surface area (TPSA) is 162 Å². The van der Waals surface area contributed by atoms with Gasteiger partial charge < -0.3 is 25.2 Å². The first-order valence-electron chi connectivity index (χ1n) is 10.3. The van der Waals surface area contributed by atoms with Crippen molar-refractivity contribution in [3.63, 3.8) is 0 Å². The minimum Gasteiger partial charge on any atom is -0.478 e. The number of nitrogens with two attached hydrogens (primary N) is 1. The molecule has 1 aromatic carbocycles. The molecule has 4 rings (SSSR count). The van der Waals surface area contributed by atoms with Crippen molar-refractivity contribution in [1.82, 2.24) is 15.1 Å². The number of benzene rings is 1. The zero-order chi connectivity index (χ0) is 25.0. The summed E-state index contributed by atoms with van der Waals surface area (Å²) in [5, 5.41) is 19.8. The van der Waals surface area contributed by atoms with Crippen molar-refractivity contribution >= 4 is 17.8 Å². The molecule has 10 nitrogen and oxygen atoms in total. The standard InChI is InChI=1S/C21H18N4O2.C4H4O4/c22-21-18(4-3-11-24-21)19-13-17(25-27-19)12-15-6-8-16(9-7-15)14-26-20-5-1-2-10-23-20;5-3(6)1-2-4(7)8/h1-11,13H,12,14H2,(H2,22,24);1-2H,(H,5,6)(H,7,8)/b;2-1+. The maximum absolute atomic E-state index is 9.55. The third-order valence-electron chi connectivity index (χ3n) is 4.46. The van der Waals surface area contributed by atoms with E-state index in [1.807, 2.05) is 48.5 Å². The van der Waals surface area contributed by atoms with Crippen LogP contribution in [-0.4, -0.2) is 37.3 Å². The van der Waals surface area contributed by atoms with Crippen molar-refractivity contribution in [2.24, 2.45) is 0 Å². The molecular formula is C25H22N4O6. The highest BCUT2D eigenvalue weighted by atomic mass is 16.5. The summed E-state index contributed by atoms with van der Waals surface area (Å²) in [6.45, 7) is 0.478. The molecule has 178 valence electrons. The molecule has 10 heteroatoms. The van der Waals surface area contributed by atoms with Crippen molar-refractivity contribution in [2.75, 3.05) is 5.73 Å². The van der Waals surface area contributed by atoms with Gasteiger partial charge in [0.25, 0.3) is 0 Å². The Labute approximate surface area is 200 Å². The second-order valence-corrected chi connectivity index (χ2v) is 7.08. The van der Waals surface area contributed by atoms with Crippen molar-refractivity contribution in [3.05, 3.63) is 102 Å². The maximum atomic E-state index is 9.55. The molecule has 3 aromatic heterocycles. The molecule has 0 atom stereocenters. The molecule has 0 aliphatic rings. The van der Waals surface area contributed by atoms with Crippen LogP contribution in [0.15, 0.2) is 89.7 Å². The van der Waals surface area contributed by atoms with Gasteiger partial charge in [-0.15, -0.1) is 0 Å².